The second kappa shape index (κ2) is 3.71. The smallest absolute Gasteiger partial charge is 0.350 e. The molecule has 0 aromatic heterocycles. The quantitative estimate of drug-likeness (QED) is 0.348. The minimum absolute atomic E-state index is 0.218. The van der Waals surface area contributed by atoms with Gasteiger partial charge in [-0.05, 0) is 6.92 Å². The molecule has 0 radical (unpaired) electrons. The van der Waals surface area contributed by atoms with Crippen LogP contribution in [0.3, 0.4) is 0 Å². The summed E-state index contributed by atoms with van der Waals surface area (Å²) in [5.74, 6) is -0.664. The number of ether oxygens (including phenoxy) is 1. The van der Waals surface area contributed by atoms with Crippen LogP contribution in [0, 0.1) is 10.1 Å². The fourth-order valence-corrected chi connectivity index (χ4v) is 0.275. The molecular weight excluding hydrogens is 126 g/mol. The van der Waals surface area contributed by atoms with Gasteiger partial charge >= 0.3 is 12.1 Å². The van der Waals surface area contributed by atoms with E-state index >= 15 is 0 Å². The summed E-state index contributed by atoms with van der Waals surface area (Å²) in [6, 6.07) is 0. The molecule has 1 N–H and O–H groups in total. The summed E-state index contributed by atoms with van der Waals surface area (Å²) in [7, 11) is 0. The summed E-state index contributed by atoms with van der Waals surface area (Å²) in [5, 5.41) is 18.0. The number of aliphatic hydroxyl groups is 1. The fraction of sp³-hybridized carbons (Fsp3) is 0.500. The highest BCUT2D eigenvalue weighted by atomic mass is 16.6. The number of hydrogen-bond donors (Lipinski definition) is 1. The van der Waals surface area contributed by atoms with Crippen LogP contribution < -0.4 is 0 Å². The molecule has 0 aromatic rings. The topological polar surface area (TPSA) is 72.6 Å². The van der Waals surface area contributed by atoms with Gasteiger partial charge in [-0.2, -0.15) is 0 Å². The van der Waals surface area contributed by atoms with E-state index in [0.29, 0.717) is 6.20 Å². The lowest BCUT2D eigenvalue weighted by Crippen LogP contribution is -1.94. The average Bonchev–Trinajstić information content (AvgIpc) is 1.63. The van der Waals surface area contributed by atoms with E-state index in [1.807, 2.05) is 0 Å². The van der Waals surface area contributed by atoms with E-state index in [1.54, 1.807) is 6.92 Å². The molecular formula is C4H7NO4. The summed E-state index contributed by atoms with van der Waals surface area (Å²) in [6.45, 7) is 1.83. The van der Waals surface area contributed by atoms with Crippen molar-refractivity contribution >= 4 is 0 Å². The van der Waals surface area contributed by atoms with Crippen molar-refractivity contribution in [3.05, 3.63) is 22.3 Å². The molecule has 0 atom stereocenters. The van der Waals surface area contributed by atoms with Gasteiger partial charge in [0.2, 0.25) is 0 Å². The van der Waals surface area contributed by atoms with Gasteiger partial charge in [0.15, 0.2) is 0 Å². The lowest BCUT2D eigenvalue weighted by molar-refractivity contribution is -0.407. The standard InChI is InChI=1S/C4H7NO4/c1-2-9-4(6)3-5(7)8/h3,6H,2H2,1H3. The van der Waals surface area contributed by atoms with Crippen LogP contribution in [0.25, 0.3) is 0 Å². The molecule has 0 heterocycles. The van der Waals surface area contributed by atoms with E-state index in [4.69, 9.17) is 5.11 Å². The van der Waals surface area contributed by atoms with Crippen molar-refractivity contribution in [3.63, 3.8) is 0 Å². The molecule has 0 saturated carbocycles. The Morgan fingerprint density at radius 3 is 2.89 bits per heavy atom. The molecule has 0 rings (SSSR count). The van der Waals surface area contributed by atoms with Gasteiger partial charge < -0.3 is 9.84 Å². The van der Waals surface area contributed by atoms with E-state index in [9.17, 15) is 10.1 Å². The molecule has 9 heavy (non-hydrogen) atoms. The number of rotatable bonds is 3. The Bertz CT molecular complexity index is 131. The predicted molar refractivity (Wildman–Crippen MR) is 29.3 cm³/mol. The zero-order chi connectivity index (χ0) is 7.28. The van der Waals surface area contributed by atoms with Gasteiger partial charge in [-0.15, -0.1) is 0 Å². The Hall–Kier alpha value is -1.26. The van der Waals surface area contributed by atoms with Crippen LogP contribution in [0.5, 0.6) is 0 Å². The first kappa shape index (κ1) is 7.74. The zero-order valence-corrected chi connectivity index (χ0v) is 4.90. The maximum atomic E-state index is 9.57. The third kappa shape index (κ3) is 4.60. The van der Waals surface area contributed by atoms with Crippen LogP contribution in [0.2, 0.25) is 0 Å². The Morgan fingerprint density at radius 2 is 2.56 bits per heavy atom. The minimum atomic E-state index is -0.787. The molecule has 0 saturated heterocycles. The SMILES string of the molecule is CCOC(O)=C[N+](=O)[O-]. The lowest BCUT2D eigenvalue weighted by atomic mass is 10.8. The normalized spacial score (nSPS) is 11.0. The van der Waals surface area contributed by atoms with Crippen LogP contribution in [-0.4, -0.2) is 16.6 Å². The van der Waals surface area contributed by atoms with Crippen LogP contribution in [0.15, 0.2) is 12.1 Å². The van der Waals surface area contributed by atoms with Crippen molar-refractivity contribution < 1.29 is 14.8 Å². The molecule has 0 aromatic carbocycles. The highest BCUT2D eigenvalue weighted by molar-refractivity contribution is 4.69. The summed E-state index contributed by atoms with van der Waals surface area (Å²) < 4.78 is 4.33. The van der Waals surface area contributed by atoms with Gasteiger partial charge in [0, 0.05) is 0 Å². The van der Waals surface area contributed by atoms with Crippen LogP contribution in [0.4, 0.5) is 0 Å². The highest BCUT2D eigenvalue weighted by Crippen LogP contribution is 1.89. The first-order valence-corrected chi connectivity index (χ1v) is 2.34. The summed E-state index contributed by atoms with van der Waals surface area (Å²) in [4.78, 5) is 8.79. The Labute approximate surface area is 51.7 Å². The molecule has 0 aliphatic carbocycles. The van der Waals surface area contributed by atoms with Crippen molar-refractivity contribution in [2.24, 2.45) is 0 Å². The number of aliphatic hydroxyl groups excluding tert-OH is 1. The average molecular weight is 133 g/mol. The van der Waals surface area contributed by atoms with Gasteiger partial charge in [-0.25, -0.2) is 0 Å². The van der Waals surface area contributed by atoms with Crippen molar-refractivity contribution in [2.45, 2.75) is 6.92 Å². The van der Waals surface area contributed by atoms with Crippen molar-refractivity contribution in [1.82, 2.24) is 0 Å². The maximum absolute atomic E-state index is 9.57. The van der Waals surface area contributed by atoms with Gasteiger partial charge in [0.1, 0.15) is 0 Å². The Morgan fingerprint density at radius 1 is 2.00 bits per heavy atom. The highest BCUT2D eigenvalue weighted by Gasteiger charge is 1.96. The van der Waals surface area contributed by atoms with Gasteiger partial charge in [0.05, 0.1) is 11.5 Å². The summed E-state index contributed by atoms with van der Waals surface area (Å²) in [6.07, 6.45) is 0.392. The van der Waals surface area contributed by atoms with Crippen molar-refractivity contribution in [3.8, 4) is 0 Å². The third-order valence-electron chi connectivity index (χ3n) is 0.508. The first-order chi connectivity index (χ1) is 4.16. The molecule has 0 fully saturated rings. The van der Waals surface area contributed by atoms with E-state index in [1.165, 1.54) is 0 Å². The van der Waals surface area contributed by atoms with Crippen molar-refractivity contribution in [1.29, 1.82) is 0 Å². The molecule has 52 valence electrons. The van der Waals surface area contributed by atoms with Crippen LogP contribution in [0.1, 0.15) is 6.92 Å². The van der Waals surface area contributed by atoms with Crippen molar-refractivity contribution in [2.75, 3.05) is 6.61 Å². The van der Waals surface area contributed by atoms with Gasteiger partial charge in [-0.1, -0.05) is 0 Å². The number of hydrogen-bond acceptors (Lipinski definition) is 4. The number of nitrogens with zero attached hydrogens (tertiary/aromatic N) is 1. The molecule has 0 aliphatic heterocycles. The van der Waals surface area contributed by atoms with E-state index < -0.39 is 10.9 Å². The van der Waals surface area contributed by atoms with Crippen LogP contribution in [-0.2, 0) is 4.74 Å². The molecule has 5 nitrogen and oxygen atoms in total. The first-order valence-electron chi connectivity index (χ1n) is 2.34. The predicted octanol–water partition coefficient (Wildman–Crippen LogP) is 0.656. The van der Waals surface area contributed by atoms with Gasteiger partial charge in [0.25, 0.3) is 0 Å². The lowest BCUT2D eigenvalue weighted by Gasteiger charge is -1.94. The maximum Gasteiger partial charge on any atom is 0.350 e. The monoisotopic (exact) mass is 133 g/mol. The second-order valence-corrected chi connectivity index (χ2v) is 1.19. The minimum Gasteiger partial charge on any atom is -0.476 e. The molecule has 0 bridgehead atoms. The summed E-state index contributed by atoms with van der Waals surface area (Å²) in [5.41, 5.74) is 0. The van der Waals surface area contributed by atoms with Gasteiger partial charge in [-0.3, -0.25) is 10.1 Å². The zero-order valence-electron chi connectivity index (χ0n) is 4.90. The summed E-state index contributed by atoms with van der Waals surface area (Å²) >= 11 is 0. The molecule has 0 aliphatic rings. The molecule has 5 heteroatoms. The molecule has 0 spiro atoms. The molecule has 0 unspecified atom stereocenters. The van der Waals surface area contributed by atoms with E-state index in [2.05, 4.69) is 4.74 Å². The van der Waals surface area contributed by atoms with Crippen LogP contribution >= 0.6 is 0 Å². The fourth-order valence-electron chi connectivity index (χ4n) is 0.275. The largest absolute Gasteiger partial charge is 0.476 e. The Kier molecular flexibility index (Phi) is 3.19. The van der Waals surface area contributed by atoms with E-state index in [0.717, 1.165) is 0 Å². The molecule has 0 amide bonds. The van der Waals surface area contributed by atoms with E-state index in [-0.39, 0.29) is 6.61 Å². The second-order valence-electron chi connectivity index (χ2n) is 1.19. The third-order valence-corrected chi connectivity index (χ3v) is 0.508. The number of nitro groups is 1. The Balaban J connectivity index is 3.69.